The van der Waals surface area contributed by atoms with Crippen molar-refractivity contribution in [2.45, 2.75) is 31.0 Å². The van der Waals surface area contributed by atoms with E-state index in [2.05, 4.69) is 35.7 Å². The first-order valence-electron chi connectivity index (χ1n) is 11.6. The van der Waals surface area contributed by atoms with E-state index in [0.29, 0.717) is 35.6 Å². The number of nitrogens with zero attached hydrogens (tertiary/aromatic N) is 8. The van der Waals surface area contributed by atoms with E-state index in [-0.39, 0.29) is 24.1 Å². The quantitative estimate of drug-likeness (QED) is 0.173. The number of tetrazole rings is 1. The number of benzene rings is 1. The largest absolute Gasteiger partial charge is 0.493 e. The predicted molar refractivity (Wildman–Crippen MR) is 134 cm³/mol. The number of ether oxygens (including phenoxy) is 3. The normalized spacial score (nSPS) is 20.3. The molecule has 0 spiro atoms. The second kappa shape index (κ2) is 11.8. The van der Waals surface area contributed by atoms with E-state index < -0.39 is 24.5 Å². The highest BCUT2D eigenvalue weighted by atomic mass is 16.6. The van der Waals surface area contributed by atoms with E-state index in [1.165, 1.54) is 15.7 Å². The van der Waals surface area contributed by atoms with Gasteiger partial charge >= 0.3 is 0 Å². The summed E-state index contributed by atoms with van der Waals surface area (Å²) in [6.07, 6.45) is -2.48. The van der Waals surface area contributed by atoms with Gasteiger partial charge in [-0.3, -0.25) is 9.36 Å². The monoisotopic (exact) mass is 544 g/mol. The van der Waals surface area contributed by atoms with Gasteiger partial charge in [-0.1, -0.05) is 6.07 Å². The first-order valence-corrected chi connectivity index (χ1v) is 11.6. The van der Waals surface area contributed by atoms with Crippen LogP contribution in [-0.2, 0) is 23.0 Å². The number of carbonyl (C=O) groups is 1. The molecule has 4 atom stereocenters. The van der Waals surface area contributed by atoms with Gasteiger partial charge in [0.2, 0.25) is 11.8 Å². The maximum Gasteiger partial charge on any atom is 0.290 e. The zero-order valence-electron chi connectivity index (χ0n) is 21.2. The summed E-state index contributed by atoms with van der Waals surface area (Å²) in [6.45, 7) is 0.260. The number of carboxylic acid groups (broad SMARTS) is 1. The van der Waals surface area contributed by atoms with Crippen molar-refractivity contribution in [1.29, 1.82) is 0 Å². The van der Waals surface area contributed by atoms with Crippen molar-refractivity contribution >= 4 is 29.4 Å². The van der Waals surface area contributed by atoms with Crippen molar-refractivity contribution in [2.75, 3.05) is 31.8 Å². The van der Waals surface area contributed by atoms with Crippen molar-refractivity contribution in [2.24, 2.45) is 7.05 Å². The molecule has 1 fully saturated rings. The molecule has 0 unspecified atom stereocenters. The van der Waals surface area contributed by atoms with E-state index in [1.54, 1.807) is 21.3 Å². The van der Waals surface area contributed by atoms with Gasteiger partial charge in [-0.15, -0.1) is 10.2 Å². The van der Waals surface area contributed by atoms with Crippen LogP contribution < -0.4 is 20.5 Å². The van der Waals surface area contributed by atoms with Crippen LogP contribution in [0.4, 0.5) is 11.8 Å². The average Bonchev–Trinajstić information content (AvgIpc) is 3.62. The summed E-state index contributed by atoms with van der Waals surface area (Å²) in [5.41, 5.74) is 7.82. The summed E-state index contributed by atoms with van der Waals surface area (Å²) >= 11 is 0. The van der Waals surface area contributed by atoms with Crippen LogP contribution in [-0.4, -0.2) is 94.5 Å². The van der Waals surface area contributed by atoms with Gasteiger partial charge in [0.15, 0.2) is 35.3 Å². The van der Waals surface area contributed by atoms with Crippen LogP contribution in [0, 0.1) is 0 Å². The molecule has 0 saturated carbocycles. The molecule has 3 aromatic heterocycles. The molecule has 1 saturated heterocycles. The lowest BCUT2D eigenvalue weighted by molar-refractivity contribution is -0.122. The number of hydrogen-bond acceptors (Lipinski definition) is 14. The lowest BCUT2D eigenvalue weighted by atomic mass is 10.1. The number of aliphatic hydroxyl groups is 2. The number of fused-ring (bicyclic) bond motifs is 1. The van der Waals surface area contributed by atoms with Crippen molar-refractivity contribution in [3.63, 3.8) is 0 Å². The van der Waals surface area contributed by atoms with Gasteiger partial charge in [0.25, 0.3) is 6.47 Å². The van der Waals surface area contributed by atoms with Crippen LogP contribution in [0.3, 0.4) is 0 Å². The molecule has 6 N–H and O–H groups in total. The SMILES string of the molecule is COc1ccc(CCNc2nc(N)c3ncn([C@@H]4O[C@H](c5nnn(C)n5)[C@@H](O)[C@H]4O)c3n2)cc1OC.O=CO. The van der Waals surface area contributed by atoms with Crippen molar-refractivity contribution < 1.29 is 34.3 Å². The van der Waals surface area contributed by atoms with Crippen LogP contribution in [0.1, 0.15) is 23.7 Å². The molecule has 4 heterocycles. The molecule has 0 bridgehead atoms. The highest BCUT2D eigenvalue weighted by molar-refractivity contribution is 5.83. The van der Waals surface area contributed by atoms with Gasteiger partial charge in [-0.2, -0.15) is 14.8 Å². The highest BCUT2D eigenvalue weighted by Crippen LogP contribution is 2.38. The molecule has 1 aliphatic rings. The number of nitrogens with one attached hydrogen (secondary N) is 1. The molecule has 4 aromatic rings. The number of methoxy groups -OCH3 is 2. The molecule has 0 aliphatic carbocycles. The van der Waals surface area contributed by atoms with E-state index in [9.17, 15) is 10.2 Å². The standard InChI is InChI=1S/C21H26N10O5.CH2O2/c1-30-28-18(27-29-30)16-14(32)15(33)20(36-16)31-9-24-13-17(22)25-21(26-19(13)31)23-7-6-10-4-5-11(34-2)12(8-10)35-3;2-1-3/h4-5,8-9,14-16,20,32-33H,6-7H2,1-3H3,(H3,22,23,25,26);1H,(H,2,3)/t14-,15+,16-,20+;/m0./s1. The molecular formula is C22H28N10O7. The Hall–Kier alpha value is -4.61. The van der Waals surface area contributed by atoms with E-state index in [0.717, 1.165) is 5.56 Å². The number of aromatic nitrogens is 8. The predicted octanol–water partition coefficient (Wildman–Crippen LogP) is -0.703. The average molecular weight is 545 g/mol. The Bertz CT molecular complexity index is 1430. The fraction of sp³-hybridized carbons (Fsp3) is 0.409. The second-order valence-corrected chi connectivity index (χ2v) is 8.29. The molecule has 17 heteroatoms. The second-order valence-electron chi connectivity index (χ2n) is 8.29. The smallest absolute Gasteiger partial charge is 0.290 e. The third-order valence-electron chi connectivity index (χ3n) is 5.88. The topological polar surface area (TPSA) is 231 Å². The first kappa shape index (κ1) is 27.4. The Kier molecular flexibility index (Phi) is 8.33. The van der Waals surface area contributed by atoms with E-state index in [1.807, 2.05) is 18.2 Å². The lowest BCUT2D eigenvalue weighted by Gasteiger charge is -2.16. The number of imidazole rings is 1. The summed E-state index contributed by atoms with van der Waals surface area (Å²) in [4.78, 5) is 22.7. The number of hydrogen-bond donors (Lipinski definition) is 5. The van der Waals surface area contributed by atoms with Crippen LogP contribution in [0.25, 0.3) is 11.2 Å². The zero-order valence-corrected chi connectivity index (χ0v) is 21.2. The van der Waals surface area contributed by atoms with E-state index in [4.69, 9.17) is 29.8 Å². The molecule has 1 aliphatic heterocycles. The van der Waals surface area contributed by atoms with Crippen molar-refractivity contribution in [3.8, 4) is 11.5 Å². The number of aliphatic hydroxyl groups excluding tert-OH is 2. The number of nitrogens with two attached hydrogens (primary N) is 1. The summed E-state index contributed by atoms with van der Waals surface area (Å²) in [5, 5.41) is 43.0. The Labute approximate surface area is 221 Å². The minimum absolute atomic E-state index is 0.155. The zero-order chi connectivity index (χ0) is 28.1. The summed E-state index contributed by atoms with van der Waals surface area (Å²) in [5.74, 6) is 1.90. The molecular weight excluding hydrogens is 516 g/mol. The van der Waals surface area contributed by atoms with Crippen LogP contribution in [0.15, 0.2) is 24.5 Å². The molecule has 208 valence electrons. The Morgan fingerprint density at radius 3 is 2.59 bits per heavy atom. The summed E-state index contributed by atoms with van der Waals surface area (Å²) in [7, 11) is 4.77. The maximum atomic E-state index is 10.7. The maximum absolute atomic E-state index is 10.7. The fourth-order valence-electron chi connectivity index (χ4n) is 4.07. The number of aryl methyl sites for hydroxylation is 1. The molecule has 5 rings (SSSR count). The van der Waals surface area contributed by atoms with Crippen LogP contribution in [0.2, 0.25) is 0 Å². The number of anilines is 2. The van der Waals surface area contributed by atoms with E-state index >= 15 is 0 Å². The van der Waals surface area contributed by atoms with Gasteiger partial charge in [0.1, 0.15) is 17.7 Å². The Morgan fingerprint density at radius 1 is 1.18 bits per heavy atom. The van der Waals surface area contributed by atoms with Crippen molar-refractivity contribution in [1.82, 2.24) is 39.7 Å². The summed E-state index contributed by atoms with van der Waals surface area (Å²) in [6, 6.07) is 5.70. The van der Waals surface area contributed by atoms with Crippen molar-refractivity contribution in [3.05, 3.63) is 35.9 Å². The first-order chi connectivity index (χ1) is 18.8. The molecule has 0 amide bonds. The van der Waals surface area contributed by atoms with Gasteiger partial charge in [0, 0.05) is 6.54 Å². The molecule has 1 aromatic carbocycles. The third kappa shape index (κ3) is 5.64. The Balaban J connectivity index is 0.00000112. The minimum Gasteiger partial charge on any atom is -0.493 e. The molecule has 0 radical (unpaired) electrons. The minimum atomic E-state index is -1.30. The fourth-order valence-corrected chi connectivity index (χ4v) is 4.07. The lowest BCUT2D eigenvalue weighted by Crippen LogP contribution is -2.29. The third-order valence-corrected chi connectivity index (χ3v) is 5.88. The molecule has 39 heavy (non-hydrogen) atoms. The van der Waals surface area contributed by atoms with Gasteiger partial charge in [0.05, 0.1) is 27.6 Å². The van der Waals surface area contributed by atoms with Gasteiger partial charge in [-0.05, 0) is 29.3 Å². The van der Waals surface area contributed by atoms with Gasteiger partial charge < -0.3 is 40.6 Å². The summed E-state index contributed by atoms with van der Waals surface area (Å²) < 4.78 is 18.0. The Morgan fingerprint density at radius 2 is 1.92 bits per heavy atom. The van der Waals surface area contributed by atoms with Gasteiger partial charge in [-0.25, -0.2) is 4.98 Å². The molecule has 17 nitrogen and oxygen atoms in total. The van der Waals surface area contributed by atoms with Crippen LogP contribution >= 0.6 is 0 Å². The number of rotatable bonds is 8. The highest BCUT2D eigenvalue weighted by Gasteiger charge is 2.47. The van der Waals surface area contributed by atoms with Crippen LogP contribution in [0.5, 0.6) is 11.5 Å². The number of nitrogen functional groups attached to an aromatic ring is 1.